The highest BCUT2D eigenvalue weighted by atomic mass is 127. The van der Waals surface area contributed by atoms with Crippen LogP contribution in [0.15, 0.2) is 6.33 Å². The summed E-state index contributed by atoms with van der Waals surface area (Å²) >= 11 is 2.16. The first-order valence-electron chi connectivity index (χ1n) is 7.16. The van der Waals surface area contributed by atoms with Gasteiger partial charge in [0.25, 0.3) is 0 Å². The van der Waals surface area contributed by atoms with Crippen LogP contribution >= 0.6 is 22.6 Å². The number of nitrogens with zero attached hydrogens (tertiary/aromatic N) is 5. The van der Waals surface area contributed by atoms with E-state index in [1.165, 1.54) is 11.2 Å². The van der Waals surface area contributed by atoms with E-state index >= 15 is 0 Å². The Morgan fingerprint density at radius 2 is 2.00 bits per heavy atom. The number of aromatic nitrogens is 4. The van der Waals surface area contributed by atoms with Crippen LogP contribution in [0.5, 0.6) is 0 Å². The molecule has 8 nitrogen and oxygen atoms in total. The first-order chi connectivity index (χ1) is 10.5. The average molecular weight is 414 g/mol. The van der Waals surface area contributed by atoms with E-state index in [4.69, 9.17) is 10.8 Å². The second-order valence-electron chi connectivity index (χ2n) is 6.03. The van der Waals surface area contributed by atoms with Gasteiger partial charge in [-0.05, 0) is 47.3 Å². The van der Waals surface area contributed by atoms with Crippen molar-refractivity contribution >= 4 is 45.5 Å². The lowest BCUT2D eigenvalue weighted by molar-refractivity contribution is 0.151. The Morgan fingerprint density at radius 1 is 1.32 bits per heavy atom. The number of amides is 1. The standard InChI is InChI=1S/C13H15IN6O2/c14-10-9-11(15)16-5-17-12(9)20(18-10)8-1-6-3-19(13(21)22)4-7(6)2-8/h5-8H,1-4H2,(H,21,22)(H2,15,16,17). The number of likely N-dealkylation sites (tertiary alicyclic amines) is 1. The van der Waals surface area contributed by atoms with Crippen molar-refractivity contribution in [1.82, 2.24) is 24.6 Å². The Kier molecular flexibility index (Phi) is 3.13. The van der Waals surface area contributed by atoms with Gasteiger partial charge in [0.2, 0.25) is 0 Å². The topological polar surface area (TPSA) is 110 Å². The van der Waals surface area contributed by atoms with Crippen LogP contribution in [0.4, 0.5) is 10.6 Å². The summed E-state index contributed by atoms with van der Waals surface area (Å²) in [6, 6.07) is 0.256. The summed E-state index contributed by atoms with van der Waals surface area (Å²) in [6.45, 7) is 1.26. The molecule has 0 spiro atoms. The minimum atomic E-state index is -0.814. The maximum atomic E-state index is 11.1. The molecule has 2 aliphatic rings. The first-order valence-corrected chi connectivity index (χ1v) is 8.24. The number of rotatable bonds is 1. The summed E-state index contributed by atoms with van der Waals surface area (Å²) in [7, 11) is 0. The maximum Gasteiger partial charge on any atom is 0.407 e. The summed E-state index contributed by atoms with van der Waals surface area (Å²) in [5.41, 5.74) is 6.71. The fraction of sp³-hybridized carbons (Fsp3) is 0.538. The molecule has 1 saturated heterocycles. The van der Waals surface area contributed by atoms with Crippen molar-refractivity contribution in [2.75, 3.05) is 18.8 Å². The molecule has 1 amide bonds. The highest BCUT2D eigenvalue weighted by molar-refractivity contribution is 14.1. The molecule has 2 aromatic rings. The molecule has 1 aliphatic heterocycles. The zero-order valence-electron chi connectivity index (χ0n) is 11.7. The lowest BCUT2D eigenvalue weighted by Crippen LogP contribution is -2.28. The van der Waals surface area contributed by atoms with Crippen molar-refractivity contribution < 1.29 is 9.90 Å². The zero-order valence-corrected chi connectivity index (χ0v) is 13.8. The quantitative estimate of drug-likeness (QED) is 0.686. The van der Waals surface area contributed by atoms with Gasteiger partial charge >= 0.3 is 6.09 Å². The van der Waals surface area contributed by atoms with Crippen LogP contribution in [0.1, 0.15) is 18.9 Å². The van der Waals surface area contributed by atoms with E-state index < -0.39 is 6.09 Å². The number of carboxylic acid groups (broad SMARTS) is 1. The van der Waals surface area contributed by atoms with Gasteiger partial charge in [-0.3, -0.25) is 0 Å². The highest BCUT2D eigenvalue weighted by Crippen LogP contribution is 2.44. The number of anilines is 1. The summed E-state index contributed by atoms with van der Waals surface area (Å²) in [4.78, 5) is 21.0. The van der Waals surface area contributed by atoms with Gasteiger partial charge in [-0.15, -0.1) is 0 Å². The van der Waals surface area contributed by atoms with Crippen molar-refractivity contribution in [1.29, 1.82) is 0 Å². The summed E-state index contributed by atoms with van der Waals surface area (Å²) in [5, 5.41) is 14.5. The van der Waals surface area contributed by atoms with Gasteiger partial charge < -0.3 is 15.7 Å². The van der Waals surface area contributed by atoms with Crippen molar-refractivity contribution in [3.63, 3.8) is 0 Å². The fourth-order valence-corrected chi connectivity index (χ4v) is 4.58. The fourth-order valence-electron chi connectivity index (χ4n) is 3.83. The largest absolute Gasteiger partial charge is 0.465 e. The minimum absolute atomic E-state index is 0.256. The Labute approximate surface area is 139 Å². The van der Waals surface area contributed by atoms with E-state index in [2.05, 4.69) is 37.7 Å². The Balaban J connectivity index is 1.63. The number of fused-ring (bicyclic) bond motifs is 2. The third-order valence-corrected chi connectivity index (χ3v) is 5.57. The second-order valence-corrected chi connectivity index (χ2v) is 7.05. The Morgan fingerprint density at radius 3 is 2.64 bits per heavy atom. The number of halogens is 1. The number of nitrogen functional groups attached to an aromatic ring is 1. The Bertz CT molecular complexity index is 748. The molecule has 2 fully saturated rings. The van der Waals surface area contributed by atoms with Crippen LogP contribution in [-0.2, 0) is 0 Å². The third kappa shape index (κ3) is 2.02. The van der Waals surface area contributed by atoms with Gasteiger partial charge in [-0.1, -0.05) is 0 Å². The molecule has 9 heteroatoms. The van der Waals surface area contributed by atoms with E-state index in [0.29, 0.717) is 30.7 Å². The molecule has 3 N–H and O–H groups in total. The number of hydrogen-bond acceptors (Lipinski definition) is 5. The zero-order chi connectivity index (χ0) is 15.4. The van der Waals surface area contributed by atoms with Gasteiger partial charge in [0.1, 0.15) is 15.8 Å². The van der Waals surface area contributed by atoms with Gasteiger partial charge in [-0.25, -0.2) is 19.4 Å². The summed E-state index contributed by atoms with van der Waals surface area (Å²) < 4.78 is 2.77. The van der Waals surface area contributed by atoms with E-state index in [1.807, 2.05) is 4.68 Å². The van der Waals surface area contributed by atoms with E-state index in [1.54, 1.807) is 0 Å². The molecule has 22 heavy (non-hydrogen) atoms. The van der Waals surface area contributed by atoms with E-state index in [9.17, 15) is 4.79 Å². The van der Waals surface area contributed by atoms with Crippen LogP contribution in [0, 0.1) is 15.5 Å². The van der Waals surface area contributed by atoms with Gasteiger partial charge in [0.05, 0.1) is 11.4 Å². The van der Waals surface area contributed by atoms with Gasteiger partial charge in [-0.2, -0.15) is 5.10 Å². The summed E-state index contributed by atoms with van der Waals surface area (Å²) in [6.07, 6.45) is 2.52. The van der Waals surface area contributed by atoms with Crippen LogP contribution in [0.3, 0.4) is 0 Å². The number of nitrogens with two attached hydrogens (primary N) is 1. The monoisotopic (exact) mass is 414 g/mol. The molecular formula is C13H15IN6O2. The number of carbonyl (C=O) groups is 1. The van der Waals surface area contributed by atoms with Crippen LogP contribution in [-0.4, -0.2) is 48.9 Å². The van der Waals surface area contributed by atoms with E-state index in [-0.39, 0.29) is 6.04 Å². The highest BCUT2D eigenvalue weighted by Gasteiger charge is 2.43. The predicted octanol–water partition coefficient (Wildman–Crippen LogP) is 1.57. The predicted molar refractivity (Wildman–Crippen MR) is 87.3 cm³/mol. The van der Waals surface area contributed by atoms with Crippen molar-refractivity contribution in [3.8, 4) is 0 Å². The van der Waals surface area contributed by atoms with Gasteiger partial charge in [0.15, 0.2) is 5.65 Å². The molecule has 2 atom stereocenters. The second kappa shape index (κ2) is 4.93. The van der Waals surface area contributed by atoms with Crippen molar-refractivity contribution in [2.24, 2.45) is 11.8 Å². The lowest BCUT2D eigenvalue weighted by atomic mass is 10.0. The van der Waals surface area contributed by atoms with Crippen LogP contribution in [0.2, 0.25) is 0 Å². The number of hydrogen-bond donors (Lipinski definition) is 2. The Hall–Kier alpha value is -1.65. The molecule has 0 aromatic carbocycles. The molecule has 0 radical (unpaired) electrons. The van der Waals surface area contributed by atoms with Crippen LogP contribution in [0.25, 0.3) is 11.0 Å². The molecule has 116 valence electrons. The molecule has 4 rings (SSSR count). The smallest absolute Gasteiger partial charge is 0.407 e. The van der Waals surface area contributed by atoms with Crippen LogP contribution < -0.4 is 5.73 Å². The van der Waals surface area contributed by atoms with Crippen molar-refractivity contribution in [2.45, 2.75) is 18.9 Å². The molecule has 1 aliphatic carbocycles. The van der Waals surface area contributed by atoms with Gasteiger partial charge in [0, 0.05) is 13.1 Å². The molecule has 2 unspecified atom stereocenters. The normalized spacial score (nSPS) is 27.5. The van der Waals surface area contributed by atoms with Crippen molar-refractivity contribution in [3.05, 3.63) is 10.0 Å². The molecule has 2 aromatic heterocycles. The SMILES string of the molecule is Nc1ncnc2c1c(I)nn2C1CC2CN(C(=O)O)CC2C1. The third-order valence-electron chi connectivity index (χ3n) is 4.82. The van der Waals surface area contributed by atoms with E-state index in [0.717, 1.165) is 27.6 Å². The minimum Gasteiger partial charge on any atom is -0.465 e. The molecule has 3 heterocycles. The molecule has 0 bridgehead atoms. The average Bonchev–Trinajstić information content (AvgIpc) is 3.10. The maximum absolute atomic E-state index is 11.1. The lowest BCUT2D eigenvalue weighted by Gasteiger charge is -2.16. The first kappa shape index (κ1) is 14.0. The molecule has 1 saturated carbocycles. The molecular weight excluding hydrogens is 399 g/mol. The summed E-state index contributed by atoms with van der Waals surface area (Å²) in [5.74, 6) is 1.28.